The van der Waals surface area contributed by atoms with Crippen LogP contribution in [0.3, 0.4) is 0 Å². The highest BCUT2D eigenvalue weighted by Gasteiger charge is 2.29. The number of hydrogen-bond acceptors (Lipinski definition) is 8. The number of aromatic nitrogens is 3. The summed E-state index contributed by atoms with van der Waals surface area (Å²) in [6.07, 6.45) is 7.53. The van der Waals surface area contributed by atoms with Crippen molar-refractivity contribution in [2.45, 2.75) is 62.5 Å². The fraction of sp³-hybridized carbons (Fsp3) is 0.462. The van der Waals surface area contributed by atoms with Crippen molar-refractivity contribution in [3.05, 3.63) is 58.9 Å². The largest absolute Gasteiger partial charge is 0.492 e. The van der Waals surface area contributed by atoms with E-state index in [4.69, 9.17) is 4.74 Å². The number of aliphatic carboxylic acids is 1. The smallest absolute Gasteiger partial charge is 0.319 e. The number of ether oxygens (including phenoxy) is 1. The minimum Gasteiger partial charge on any atom is -0.492 e. The maximum atomic E-state index is 11.4. The highest BCUT2D eigenvalue weighted by molar-refractivity contribution is 8.03. The van der Waals surface area contributed by atoms with Crippen LogP contribution in [0.2, 0.25) is 0 Å². The first-order valence-electron chi connectivity index (χ1n) is 11.9. The fourth-order valence-corrected chi connectivity index (χ4v) is 5.51. The third-order valence-electron chi connectivity index (χ3n) is 5.50. The van der Waals surface area contributed by atoms with Crippen LogP contribution >= 0.6 is 23.1 Å². The van der Waals surface area contributed by atoms with Gasteiger partial charge in [0.25, 0.3) is 0 Å². The topological polar surface area (TPSA) is 88.4 Å². The molecule has 0 aliphatic carbocycles. The van der Waals surface area contributed by atoms with E-state index < -0.39 is 10.7 Å². The fourth-order valence-electron chi connectivity index (χ4n) is 3.28. The van der Waals surface area contributed by atoms with Crippen LogP contribution in [0.4, 0.5) is 5.95 Å². The van der Waals surface area contributed by atoms with Crippen molar-refractivity contribution in [2.24, 2.45) is 0 Å². The van der Waals surface area contributed by atoms with Crippen molar-refractivity contribution >= 4 is 35.0 Å². The van der Waals surface area contributed by atoms with Gasteiger partial charge in [-0.05, 0) is 49.9 Å². The lowest BCUT2D eigenvalue weighted by molar-refractivity contribution is -0.138. The van der Waals surface area contributed by atoms with Crippen molar-refractivity contribution < 1.29 is 14.6 Å². The van der Waals surface area contributed by atoms with E-state index in [0.29, 0.717) is 32.1 Å². The summed E-state index contributed by atoms with van der Waals surface area (Å²) in [5, 5.41) is 11.4. The molecular formula is C26H34N4O3S2. The Labute approximate surface area is 216 Å². The Kier molecular flexibility index (Phi) is 9.92. The van der Waals surface area contributed by atoms with Gasteiger partial charge in [-0.25, -0.2) is 15.0 Å². The summed E-state index contributed by atoms with van der Waals surface area (Å²) in [5.74, 6) is 0.674. The second kappa shape index (κ2) is 12.9. The van der Waals surface area contributed by atoms with Crippen molar-refractivity contribution in [3.63, 3.8) is 0 Å². The molecule has 7 nitrogen and oxygen atoms in total. The molecule has 0 radical (unpaired) electrons. The van der Waals surface area contributed by atoms with Crippen LogP contribution in [0.25, 0.3) is 0 Å². The SMILES string of the molecule is CCCc1ccc(OCCN(CCc2csc(SC(C)(C)C(=O)O)n2)c2ncc(CC)cn2)cc1. The van der Waals surface area contributed by atoms with Crippen molar-refractivity contribution in [1.82, 2.24) is 15.0 Å². The average molecular weight is 515 g/mol. The molecule has 0 aliphatic heterocycles. The molecule has 2 aromatic heterocycles. The van der Waals surface area contributed by atoms with E-state index in [2.05, 4.69) is 45.8 Å². The predicted molar refractivity (Wildman–Crippen MR) is 143 cm³/mol. The van der Waals surface area contributed by atoms with Gasteiger partial charge in [-0.2, -0.15) is 0 Å². The molecule has 35 heavy (non-hydrogen) atoms. The molecule has 188 valence electrons. The lowest BCUT2D eigenvalue weighted by Gasteiger charge is -2.22. The summed E-state index contributed by atoms with van der Waals surface area (Å²) in [6.45, 7) is 9.47. The van der Waals surface area contributed by atoms with Crippen molar-refractivity contribution in [3.8, 4) is 5.75 Å². The van der Waals surface area contributed by atoms with E-state index in [1.807, 2.05) is 29.9 Å². The van der Waals surface area contributed by atoms with Gasteiger partial charge in [0.15, 0.2) is 4.34 Å². The average Bonchev–Trinajstić information content (AvgIpc) is 3.29. The van der Waals surface area contributed by atoms with Crippen LogP contribution in [-0.4, -0.2) is 50.5 Å². The normalized spacial score (nSPS) is 11.4. The maximum absolute atomic E-state index is 11.4. The number of carbonyl (C=O) groups is 1. The molecule has 0 bridgehead atoms. The molecule has 0 saturated heterocycles. The van der Waals surface area contributed by atoms with Crippen LogP contribution in [0, 0.1) is 0 Å². The van der Waals surface area contributed by atoms with E-state index in [0.717, 1.165) is 40.6 Å². The summed E-state index contributed by atoms with van der Waals surface area (Å²) in [7, 11) is 0. The molecule has 0 amide bonds. The molecule has 2 heterocycles. The van der Waals surface area contributed by atoms with E-state index >= 15 is 0 Å². The standard InChI is InChI=1S/C26H34N4O3S2/c1-5-7-20-8-10-22(11-9-20)33-15-14-30(24-27-16-19(6-2)17-28-24)13-12-21-18-34-25(29-21)35-26(3,4)23(31)32/h8-11,16-18H,5-7,12-15H2,1-4H3,(H,31,32). The highest BCUT2D eigenvalue weighted by atomic mass is 32.2. The van der Waals surface area contributed by atoms with Gasteiger partial charge in [0.2, 0.25) is 5.95 Å². The lowest BCUT2D eigenvalue weighted by atomic mass is 10.1. The zero-order chi connectivity index (χ0) is 25.3. The molecule has 0 saturated carbocycles. The first-order chi connectivity index (χ1) is 16.8. The number of carboxylic acids is 1. The first kappa shape index (κ1) is 26.9. The Balaban J connectivity index is 1.62. The highest BCUT2D eigenvalue weighted by Crippen LogP contribution is 2.34. The molecule has 0 unspecified atom stereocenters. The summed E-state index contributed by atoms with van der Waals surface area (Å²) in [4.78, 5) is 27.3. The van der Waals surface area contributed by atoms with Gasteiger partial charge in [0.05, 0.1) is 12.2 Å². The Morgan fingerprint density at radius 2 is 1.80 bits per heavy atom. The molecule has 3 aromatic rings. The number of nitrogens with zero attached hydrogens (tertiary/aromatic N) is 4. The van der Waals surface area contributed by atoms with Crippen LogP contribution in [0.15, 0.2) is 46.4 Å². The van der Waals surface area contributed by atoms with Crippen molar-refractivity contribution in [2.75, 3.05) is 24.6 Å². The predicted octanol–water partition coefficient (Wildman–Crippen LogP) is 5.53. The number of rotatable bonds is 14. The summed E-state index contributed by atoms with van der Waals surface area (Å²) >= 11 is 2.75. The molecule has 1 aromatic carbocycles. The summed E-state index contributed by atoms with van der Waals surface area (Å²) in [5.41, 5.74) is 3.35. The number of thioether (sulfide) groups is 1. The van der Waals surface area contributed by atoms with Crippen molar-refractivity contribution in [1.29, 1.82) is 0 Å². The molecule has 1 N–H and O–H groups in total. The number of benzene rings is 1. The molecule has 0 spiro atoms. The second-order valence-electron chi connectivity index (χ2n) is 8.75. The number of carboxylic acid groups (broad SMARTS) is 1. The minimum absolute atomic E-state index is 0.511. The van der Waals surface area contributed by atoms with Gasteiger partial charge in [0.1, 0.15) is 17.1 Å². The van der Waals surface area contributed by atoms with Crippen LogP contribution < -0.4 is 9.64 Å². The van der Waals surface area contributed by atoms with Crippen LogP contribution in [-0.2, 0) is 24.1 Å². The number of aryl methyl sites for hydroxylation is 2. The minimum atomic E-state index is -0.915. The summed E-state index contributed by atoms with van der Waals surface area (Å²) < 4.78 is 5.85. The zero-order valence-electron chi connectivity index (χ0n) is 20.9. The van der Waals surface area contributed by atoms with E-state index in [1.54, 1.807) is 13.8 Å². The Bertz CT molecular complexity index is 1070. The van der Waals surface area contributed by atoms with E-state index in [1.165, 1.54) is 28.7 Å². The number of hydrogen-bond donors (Lipinski definition) is 1. The monoisotopic (exact) mass is 514 g/mol. The Hall–Kier alpha value is -2.65. The first-order valence-corrected chi connectivity index (χ1v) is 13.6. The molecule has 0 aliphatic rings. The van der Waals surface area contributed by atoms with Gasteiger partial charge in [0, 0.05) is 30.7 Å². The Morgan fingerprint density at radius 3 is 2.43 bits per heavy atom. The third kappa shape index (κ3) is 8.21. The van der Waals surface area contributed by atoms with Crippen LogP contribution in [0.5, 0.6) is 5.75 Å². The number of thiazole rings is 1. The van der Waals surface area contributed by atoms with Gasteiger partial charge < -0.3 is 14.7 Å². The molecule has 0 atom stereocenters. The zero-order valence-corrected chi connectivity index (χ0v) is 22.5. The molecular weight excluding hydrogens is 480 g/mol. The number of anilines is 1. The Morgan fingerprint density at radius 1 is 1.09 bits per heavy atom. The van der Waals surface area contributed by atoms with Gasteiger partial charge >= 0.3 is 5.97 Å². The van der Waals surface area contributed by atoms with E-state index in [-0.39, 0.29) is 0 Å². The van der Waals surface area contributed by atoms with Crippen LogP contribution in [0.1, 0.15) is 50.9 Å². The quantitative estimate of drug-likeness (QED) is 0.281. The lowest BCUT2D eigenvalue weighted by Crippen LogP contribution is -2.32. The third-order valence-corrected chi connectivity index (χ3v) is 7.67. The van der Waals surface area contributed by atoms with Gasteiger partial charge in [-0.3, -0.25) is 4.79 Å². The van der Waals surface area contributed by atoms with E-state index in [9.17, 15) is 9.90 Å². The van der Waals surface area contributed by atoms with Gasteiger partial charge in [-0.15, -0.1) is 11.3 Å². The molecule has 0 fully saturated rings. The van der Waals surface area contributed by atoms with Gasteiger partial charge in [-0.1, -0.05) is 44.2 Å². The molecule has 9 heteroatoms. The second-order valence-corrected chi connectivity index (χ2v) is 11.5. The summed E-state index contributed by atoms with van der Waals surface area (Å²) in [6, 6.07) is 8.28. The maximum Gasteiger partial charge on any atom is 0.319 e. The molecule has 3 rings (SSSR count).